The molecule has 1 aliphatic rings. The number of amides is 1. The second kappa shape index (κ2) is 19.3. The van der Waals surface area contributed by atoms with Crippen LogP contribution in [0.1, 0.15) is 47.2 Å². The molecule has 0 N–H and O–H groups in total. The molecular weight excluding hydrogens is 785 g/mol. The molecule has 0 aliphatic carbocycles. The molecule has 1 saturated heterocycles. The van der Waals surface area contributed by atoms with Crippen LogP contribution in [0.15, 0.2) is 109 Å². The van der Waals surface area contributed by atoms with Gasteiger partial charge in [0.15, 0.2) is 5.75 Å². The van der Waals surface area contributed by atoms with E-state index in [9.17, 15) is 4.79 Å². The zero-order chi connectivity index (χ0) is 37.3. The topological polar surface area (TPSA) is 64.1 Å². The van der Waals surface area contributed by atoms with Gasteiger partial charge in [0.25, 0.3) is 0 Å². The number of carbonyl (C=O) groups is 1. The van der Waals surface area contributed by atoms with Crippen LogP contribution in [-0.2, 0) is 24.4 Å². The third kappa shape index (κ3) is 10.9. The van der Waals surface area contributed by atoms with Gasteiger partial charge in [0.2, 0.25) is 11.8 Å². The van der Waals surface area contributed by atoms with Gasteiger partial charge in [-0.25, -0.2) is 4.98 Å². The average Bonchev–Trinajstić information content (AvgIpc) is 3.17. The Bertz CT molecular complexity index is 2020. The fourth-order valence-corrected chi connectivity index (χ4v) is 6.68. The molecule has 5 aromatic rings. The molecule has 54 heavy (non-hydrogen) atoms. The highest BCUT2D eigenvalue weighted by atomic mass is 79.9. The molecule has 282 valence electrons. The number of hydrogen-bond donors (Lipinski definition) is 0. The van der Waals surface area contributed by atoms with Gasteiger partial charge in [-0.05, 0) is 91.9 Å². The molecule has 0 radical (unpaired) electrons. The molecule has 1 amide bonds. The molecule has 1 aliphatic heterocycles. The third-order valence-electron chi connectivity index (χ3n) is 9.58. The number of allylic oxidation sites excluding steroid dienone is 1. The molecule has 0 saturated carbocycles. The first kappa shape index (κ1) is 40.8. The van der Waals surface area contributed by atoms with Crippen LogP contribution in [0, 0.1) is 13.8 Å². The fraction of sp³-hybridized carbons (Fsp3) is 0.273. The van der Waals surface area contributed by atoms with Gasteiger partial charge in [-0.1, -0.05) is 83.4 Å². The molecule has 0 atom stereocenters. The standard InChI is InChI=1S/C44H45Cl2N3O4.BrH/c1-30-9-15-38(16-10-30)51-24-19-34-11-13-35(14-12-34)28-48-20-22-49(23-21-48)44(50)33(4)32(3)37-25-31(2)43(41(46)26-37)53-42-18-17-39(27-47-42)52-29-36-7-5-6-8-40(36)45;/h5-18,25-27H,19-24,28-29H2,1-4H3;1H/b33-32+;. The number of carbonyl (C=O) groups excluding carboxylic acids is 1. The molecule has 10 heteroatoms. The normalized spacial score (nSPS) is 13.5. The maximum atomic E-state index is 13.6. The molecule has 7 nitrogen and oxygen atoms in total. The minimum Gasteiger partial charge on any atom is -0.493 e. The second-order valence-corrected chi connectivity index (χ2v) is 14.3. The Hall–Kier alpha value is -4.34. The molecule has 2 heterocycles. The van der Waals surface area contributed by atoms with Crippen molar-refractivity contribution in [1.29, 1.82) is 0 Å². The lowest BCUT2D eigenvalue weighted by Crippen LogP contribution is -2.48. The monoisotopic (exact) mass is 829 g/mol. The van der Waals surface area contributed by atoms with Crippen LogP contribution in [0.5, 0.6) is 23.1 Å². The quantitative estimate of drug-likeness (QED) is 0.110. The van der Waals surface area contributed by atoms with E-state index in [0.717, 1.165) is 54.1 Å². The lowest BCUT2D eigenvalue weighted by molar-refractivity contribution is -0.128. The van der Waals surface area contributed by atoms with E-state index in [1.54, 1.807) is 18.3 Å². The maximum Gasteiger partial charge on any atom is 0.249 e. The number of hydrogen-bond acceptors (Lipinski definition) is 6. The summed E-state index contributed by atoms with van der Waals surface area (Å²) in [6, 6.07) is 31.9. The Morgan fingerprint density at radius 1 is 0.778 bits per heavy atom. The summed E-state index contributed by atoms with van der Waals surface area (Å²) < 4.78 is 17.8. The van der Waals surface area contributed by atoms with Crippen molar-refractivity contribution in [2.24, 2.45) is 0 Å². The van der Waals surface area contributed by atoms with E-state index in [4.69, 9.17) is 37.4 Å². The number of halogens is 3. The van der Waals surface area contributed by atoms with E-state index in [1.807, 2.05) is 74.2 Å². The summed E-state index contributed by atoms with van der Waals surface area (Å²) in [5.41, 5.74) is 7.96. The van der Waals surface area contributed by atoms with Crippen molar-refractivity contribution in [2.45, 2.75) is 47.3 Å². The molecule has 4 aromatic carbocycles. The van der Waals surface area contributed by atoms with Crippen LogP contribution < -0.4 is 14.2 Å². The van der Waals surface area contributed by atoms with Gasteiger partial charge >= 0.3 is 0 Å². The number of nitrogens with zero attached hydrogens (tertiary/aromatic N) is 3. The van der Waals surface area contributed by atoms with Crippen molar-refractivity contribution in [3.63, 3.8) is 0 Å². The first-order chi connectivity index (χ1) is 25.6. The van der Waals surface area contributed by atoms with Gasteiger partial charge in [0.1, 0.15) is 18.1 Å². The van der Waals surface area contributed by atoms with E-state index < -0.39 is 0 Å². The lowest BCUT2D eigenvalue weighted by atomic mass is 9.99. The highest BCUT2D eigenvalue weighted by molar-refractivity contribution is 8.93. The summed E-state index contributed by atoms with van der Waals surface area (Å²) in [5.74, 6) is 2.46. The van der Waals surface area contributed by atoms with E-state index in [0.29, 0.717) is 59.3 Å². The van der Waals surface area contributed by atoms with E-state index >= 15 is 0 Å². The predicted molar refractivity (Wildman–Crippen MR) is 224 cm³/mol. The minimum atomic E-state index is 0. The highest BCUT2D eigenvalue weighted by Crippen LogP contribution is 2.36. The Kier molecular flexibility index (Phi) is 14.6. The maximum absolute atomic E-state index is 13.6. The van der Waals surface area contributed by atoms with Crippen molar-refractivity contribution >= 4 is 51.7 Å². The number of rotatable bonds is 13. The van der Waals surface area contributed by atoms with E-state index in [2.05, 4.69) is 53.2 Å². The number of benzene rings is 4. The first-order valence-corrected chi connectivity index (χ1v) is 18.7. The lowest BCUT2D eigenvalue weighted by Gasteiger charge is -2.35. The summed E-state index contributed by atoms with van der Waals surface area (Å²) in [6.45, 7) is 12.7. The second-order valence-electron chi connectivity index (χ2n) is 13.5. The smallest absolute Gasteiger partial charge is 0.249 e. The number of pyridine rings is 1. The molecule has 6 rings (SSSR count). The van der Waals surface area contributed by atoms with Crippen molar-refractivity contribution in [3.05, 3.63) is 152 Å². The number of ether oxygens (including phenoxy) is 3. The third-order valence-corrected chi connectivity index (χ3v) is 10.2. The summed E-state index contributed by atoms with van der Waals surface area (Å²) in [5, 5.41) is 1.10. The van der Waals surface area contributed by atoms with Crippen molar-refractivity contribution < 1.29 is 19.0 Å². The Morgan fingerprint density at radius 3 is 2.13 bits per heavy atom. The molecule has 0 bridgehead atoms. The van der Waals surface area contributed by atoms with Crippen LogP contribution >= 0.6 is 40.2 Å². The van der Waals surface area contributed by atoms with Crippen LogP contribution in [0.2, 0.25) is 10.0 Å². The van der Waals surface area contributed by atoms with Crippen molar-refractivity contribution in [1.82, 2.24) is 14.8 Å². The van der Waals surface area contributed by atoms with Gasteiger partial charge in [0.05, 0.1) is 17.8 Å². The van der Waals surface area contributed by atoms with Gasteiger partial charge in [0, 0.05) is 61.4 Å². The van der Waals surface area contributed by atoms with Gasteiger partial charge in [-0.2, -0.15) is 0 Å². The van der Waals surface area contributed by atoms with Crippen LogP contribution in [0.4, 0.5) is 0 Å². The molecule has 1 aromatic heterocycles. The predicted octanol–water partition coefficient (Wildman–Crippen LogP) is 10.7. The van der Waals surface area contributed by atoms with E-state index in [-0.39, 0.29) is 22.9 Å². The summed E-state index contributed by atoms with van der Waals surface area (Å²) in [7, 11) is 0. The van der Waals surface area contributed by atoms with Gasteiger partial charge < -0.3 is 19.1 Å². The Morgan fingerprint density at radius 2 is 1.46 bits per heavy atom. The Balaban J connectivity index is 0.00000561. The number of aryl methyl sites for hydroxylation is 2. The Labute approximate surface area is 339 Å². The zero-order valence-electron chi connectivity index (χ0n) is 31.1. The fourth-order valence-electron chi connectivity index (χ4n) is 6.18. The largest absolute Gasteiger partial charge is 0.493 e. The molecular formula is C44H46BrCl2N3O4. The van der Waals surface area contributed by atoms with Gasteiger partial charge in [-0.15, -0.1) is 17.0 Å². The van der Waals surface area contributed by atoms with Gasteiger partial charge in [-0.3, -0.25) is 9.69 Å². The average molecular weight is 832 g/mol. The molecule has 0 unspecified atom stereocenters. The number of aromatic nitrogens is 1. The zero-order valence-corrected chi connectivity index (χ0v) is 34.3. The van der Waals surface area contributed by atoms with Crippen LogP contribution in [-0.4, -0.2) is 53.5 Å². The SMILES string of the molecule is Br.C/C(C(=O)N1CCN(Cc2ccc(CCOc3ccc(C)cc3)cc2)CC1)=C(/C)c1cc(C)c(Oc2ccc(OCc3ccccc3Cl)cn2)c(Cl)c1. The summed E-state index contributed by atoms with van der Waals surface area (Å²) >= 11 is 13.0. The molecule has 0 spiro atoms. The van der Waals surface area contributed by atoms with Crippen LogP contribution in [0.3, 0.4) is 0 Å². The van der Waals surface area contributed by atoms with E-state index in [1.165, 1.54) is 16.7 Å². The molecule has 1 fully saturated rings. The van der Waals surface area contributed by atoms with Crippen molar-refractivity contribution in [3.8, 4) is 23.1 Å². The van der Waals surface area contributed by atoms with Crippen LogP contribution in [0.25, 0.3) is 5.57 Å². The summed E-state index contributed by atoms with van der Waals surface area (Å²) in [6.07, 6.45) is 2.47. The minimum absolute atomic E-state index is 0. The summed E-state index contributed by atoms with van der Waals surface area (Å²) in [4.78, 5) is 22.4. The highest BCUT2D eigenvalue weighted by Gasteiger charge is 2.24. The van der Waals surface area contributed by atoms with Crippen molar-refractivity contribution in [2.75, 3.05) is 32.8 Å². The number of piperazine rings is 1. The first-order valence-electron chi connectivity index (χ1n) is 17.9.